The number of rotatable bonds is 7. The molecule has 0 bridgehead atoms. The van der Waals surface area contributed by atoms with Crippen molar-refractivity contribution in [3.63, 3.8) is 0 Å². The third-order valence-electron chi connectivity index (χ3n) is 3.85. The molecular formula is C18H19N3O5S. The van der Waals surface area contributed by atoms with Gasteiger partial charge in [0.15, 0.2) is 11.5 Å². The van der Waals surface area contributed by atoms with Crippen molar-refractivity contribution in [2.45, 2.75) is 18.4 Å². The molecule has 1 aromatic heterocycles. The summed E-state index contributed by atoms with van der Waals surface area (Å²) in [5.41, 5.74) is 1.63. The molecule has 0 radical (unpaired) electrons. The van der Waals surface area contributed by atoms with Crippen LogP contribution in [0.1, 0.15) is 11.5 Å². The number of nitrogens with zero attached hydrogens (tertiary/aromatic N) is 2. The molecule has 0 aliphatic carbocycles. The normalized spacial score (nSPS) is 11.4. The first-order chi connectivity index (χ1) is 12.9. The lowest BCUT2D eigenvalue weighted by Gasteiger charge is -2.07. The van der Waals surface area contributed by atoms with Gasteiger partial charge in [-0.1, -0.05) is 22.9 Å². The number of aryl methyl sites for hydroxylation is 1. The molecule has 1 heterocycles. The van der Waals surface area contributed by atoms with Gasteiger partial charge in [0, 0.05) is 5.56 Å². The number of benzene rings is 2. The van der Waals surface area contributed by atoms with E-state index in [1.54, 1.807) is 49.6 Å². The molecule has 3 rings (SSSR count). The van der Waals surface area contributed by atoms with Crippen molar-refractivity contribution in [3.05, 3.63) is 53.9 Å². The molecule has 0 saturated heterocycles. The molecular weight excluding hydrogens is 370 g/mol. The predicted molar refractivity (Wildman–Crippen MR) is 98.0 cm³/mol. The molecule has 1 N–H and O–H groups in total. The fraction of sp³-hybridized carbons (Fsp3) is 0.222. The molecule has 0 aliphatic heterocycles. The molecule has 0 atom stereocenters. The van der Waals surface area contributed by atoms with E-state index in [4.69, 9.17) is 14.0 Å². The summed E-state index contributed by atoms with van der Waals surface area (Å²) in [5, 5.41) is 3.89. The molecule has 9 heteroatoms. The van der Waals surface area contributed by atoms with E-state index in [0.29, 0.717) is 22.9 Å². The lowest BCUT2D eigenvalue weighted by Crippen LogP contribution is -2.23. The number of nitrogens with one attached hydrogen (secondary N) is 1. The number of ether oxygens (including phenoxy) is 2. The summed E-state index contributed by atoms with van der Waals surface area (Å²) < 4.78 is 42.7. The predicted octanol–water partition coefficient (Wildman–Crippen LogP) is 2.54. The SMILES string of the molecule is COc1ccc(-c2noc(CNS(=O)(=O)c3ccc(C)cc3)n2)cc1OC. The zero-order valence-electron chi connectivity index (χ0n) is 15.1. The first kappa shape index (κ1) is 18.9. The summed E-state index contributed by atoms with van der Waals surface area (Å²) >= 11 is 0. The smallest absolute Gasteiger partial charge is 0.242 e. The van der Waals surface area contributed by atoms with Crippen molar-refractivity contribution >= 4 is 10.0 Å². The Morgan fingerprint density at radius 1 is 1.04 bits per heavy atom. The molecule has 0 fully saturated rings. The maximum absolute atomic E-state index is 12.3. The molecule has 0 amide bonds. The van der Waals surface area contributed by atoms with Gasteiger partial charge in [0.25, 0.3) is 0 Å². The average Bonchev–Trinajstić information content (AvgIpc) is 3.15. The van der Waals surface area contributed by atoms with Crippen molar-refractivity contribution in [1.29, 1.82) is 0 Å². The van der Waals surface area contributed by atoms with Gasteiger partial charge < -0.3 is 14.0 Å². The van der Waals surface area contributed by atoms with E-state index in [9.17, 15) is 8.42 Å². The molecule has 0 unspecified atom stereocenters. The Kier molecular flexibility index (Phi) is 5.43. The van der Waals surface area contributed by atoms with Gasteiger partial charge in [0.1, 0.15) is 0 Å². The Hall–Kier alpha value is -2.91. The molecule has 142 valence electrons. The van der Waals surface area contributed by atoms with Gasteiger partial charge in [0.2, 0.25) is 21.7 Å². The summed E-state index contributed by atoms with van der Waals surface area (Å²) in [6.45, 7) is 1.77. The second-order valence-corrected chi connectivity index (χ2v) is 7.49. The van der Waals surface area contributed by atoms with Gasteiger partial charge in [-0.2, -0.15) is 4.98 Å². The lowest BCUT2D eigenvalue weighted by molar-refractivity contribution is 0.355. The maximum Gasteiger partial charge on any atom is 0.242 e. The maximum atomic E-state index is 12.3. The van der Waals surface area contributed by atoms with Crippen molar-refractivity contribution in [1.82, 2.24) is 14.9 Å². The quantitative estimate of drug-likeness (QED) is 0.662. The minimum Gasteiger partial charge on any atom is -0.493 e. The Balaban J connectivity index is 1.74. The van der Waals surface area contributed by atoms with E-state index < -0.39 is 10.0 Å². The van der Waals surface area contributed by atoms with Gasteiger partial charge >= 0.3 is 0 Å². The van der Waals surface area contributed by atoms with E-state index in [-0.39, 0.29) is 17.3 Å². The van der Waals surface area contributed by atoms with Crippen molar-refractivity contribution in [2.75, 3.05) is 14.2 Å². The van der Waals surface area contributed by atoms with Crippen LogP contribution in [0.3, 0.4) is 0 Å². The van der Waals surface area contributed by atoms with Gasteiger partial charge in [-0.15, -0.1) is 0 Å². The van der Waals surface area contributed by atoms with Crippen molar-refractivity contribution < 1.29 is 22.4 Å². The zero-order chi connectivity index (χ0) is 19.4. The van der Waals surface area contributed by atoms with Crippen LogP contribution in [0, 0.1) is 6.92 Å². The molecule has 8 nitrogen and oxygen atoms in total. The largest absolute Gasteiger partial charge is 0.493 e. The number of hydrogen-bond acceptors (Lipinski definition) is 7. The minimum absolute atomic E-state index is 0.115. The van der Waals surface area contributed by atoms with Gasteiger partial charge in [0.05, 0.1) is 25.7 Å². The number of aromatic nitrogens is 2. The third kappa shape index (κ3) is 4.26. The molecule has 0 saturated carbocycles. The second-order valence-electron chi connectivity index (χ2n) is 5.72. The minimum atomic E-state index is -3.66. The molecule has 0 aliphatic rings. The average molecular weight is 389 g/mol. The third-order valence-corrected chi connectivity index (χ3v) is 5.27. The van der Waals surface area contributed by atoms with Crippen LogP contribution in [0.15, 0.2) is 51.9 Å². The second kappa shape index (κ2) is 7.77. The lowest BCUT2D eigenvalue weighted by atomic mass is 10.2. The highest BCUT2D eigenvalue weighted by atomic mass is 32.2. The van der Waals surface area contributed by atoms with Crippen LogP contribution in [-0.2, 0) is 16.6 Å². The highest BCUT2D eigenvalue weighted by Gasteiger charge is 2.17. The van der Waals surface area contributed by atoms with E-state index in [1.165, 1.54) is 7.11 Å². The monoisotopic (exact) mass is 389 g/mol. The Labute approximate surface area is 157 Å². The fourth-order valence-electron chi connectivity index (χ4n) is 2.38. The zero-order valence-corrected chi connectivity index (χ0v) is 15.9. The van der Waals surface area contributed by atoms with Crippen LogP contribution in [0.5, 0.6) is 11.5 Å². The standard InChI is InChI=1S/C18H19N3O5S/c1-12-4-7-14(8-5-12)27(22,23)19-11-17-20-18(21-26-17)13-6-9-15(24-2)16(10-13)25-3/h4-10,19H,11H2,1-3H3. The molecule has 27 heavy (non-hydrogen) atoms. The van der Waals surface area contributed by atoms with E-state index in [0.717, 1.165) is 5.56 Å². The fourth-order valence-corrected chi connectivity index (χ4v) is 3.35. The van der Waals surface area contributed by atoms with Gasteiger partial charge in [-0.25, -0.2) is 13.1 Å². The summed E-state index contributed by atoms with van der Waals surface area (Å²) in [5.74, 6) is 1.58. The van der Waals surface area contributed by atoms with Crippen molar-refractivity contribution in [3.8, 4) is 22.9 Å². The first-order valence-corrected chi connectivity index (χ1v) is 9.52. The topological polar surface area (TPSA) is 104 Å². The Bertz CT molecular complexity index is 1030. The van der Waals surface area contributed by atoms with Gasteiger partial charge in [-0.05, 0) is 37.3 Å². The Morgan fingerprint density at radius 3 is 2.41 bits per heavy atom. The number of hydrogen-bond donors (Lipinski definition) is 1. The van der Waals surface area contributed by atoms with Crippen LogP contribution >= 0.6 is 0 Å². The summed E-state index contributed by atoms with van der Waals surface area (Å²) in [7, 11) is -0.588. The van der Waals surface area contributed by atoms with E-state index in [1.807, 2.05) is 6.92 Å². The molecule has 0 spiro atoms. The van der Waals surface area contributed by atoms with Crippen molar-refractivity contribution in [2.24, 2.45) is 0 Å². The number of sulfonamides is 1. The highest BCUT2D eigenvalue weighted by molar-refractivity contribution is 7.89. The van der Waals surface area contributed by atoms with Crippen LogP contribution in [0.2, 0.25) is 0 Å². The first-order valence-electron chi connectivity index (χ1n) is 8.04. The molecule has 3 aromatic rings. The number of methoxy groups -OCH3 is 2. The van der Waals surface area contributed by atoms with Crippen LogP contribution in [0.4, 0.5) is 0 Å². The van der Waals surface area contributed by atoms with Crippen LogP contribution in [-0.4, -0.2) is 32.8 Å². The van der Waals surface area contributed by atoms with Gasteiger partial charge in [-0.3, -0.25) is 0 Å². The van der Waals surface area contributed by atoms with E-state index >= 15 is 0 Å². The highest BCUT2D eigenvalue weighted by Crippen LogP contribution is 2.31. The summed E-state index contributed by atoms with van der Waals surface area (Å²) in [4.78, 5) is 4.39. The Morgan fingerprint density at radius 2 is 1.74 bits per heavy atom. The summed E-state index contributed by atoms with van der Waals surface area (Å²) in [6, 6.07) is 11.7. The summed E-state index contributed by atoms with van der Waals surface area (Å²) in [6.07, 6.45) is 0. The van der Waals surface area contributed by atoms with Crippen LogP contribution < -0.4 is 14.2 Å². The molecule has 2 aromatic carbocycles. The van der Waals surface area contributed by atoms with E-state index in [2.05, 4.69) is 14.9 Å². The van der Waals surface area contributed by atoms with Crippen LogP contribution in [0.25, 0.3) is 11.4 Å².